The van der Waals surface area contributed by atoms with Gasteiger partial charge in [-0.05, 0) is 70.9 Å². The standard InChI is InChI=1S/C31H37ClN4O3S2/c1-18(2)35-12-14-36(15-13-35)30-33-17-23(40-30)28-34-22-16-19(3)24(26(29(37)38-7)39-31(4,5)6)25(27(22)41-28)20-8-10-21(32)11-9-20/h8-11,16-18,26H,12-15H2,1-7H3/t26-/m0/s1. The van der Waals surface area contributed by atoms with Gasteiger partial charge in [0.15, 0.2) is 11.2 Å². The van der Waals surface area contributed by atoms with Crippen LogP contribution in [0.15, 0.2) is 36.5 Å². The number of esters is 1. The number of nitrogens with zero attached hydrogens (tertiary/aromatic N) is 4. The number of carbonyl (C=O) groups excluding carboxylic acids is 1. The van der Waals surface area contributed by atoms with Gasteiger partial charge in [0.25, 0.3) is 0 Å². The maximum Gasteiger partial charge on any atom is 0.339 e. The predicted molar refractivity (Wildman–Crippen MR) is 170 cm³/mol. The summed E-state index contributed by atoms with van der Waals surface area (Å²) in [5, 5.41) is 2.58. The zero-order valence-electron chi connectivity index (χ0n) is 24.7. The highest BCUT2D eigenvalue weighted by Crippen LogP contribution is 2.45. The molecule has 0 aliphatic carbocycles. The highest BCUT2D eigenvalue weighted by atomic mass is 35.5. The Bertz CT molecular complexity index is 1530. The van der Waals surface area contributed by atoms with Gasteiger partial charge in [0.1, 0.15) is 5.01 Å². The van der Waals surface area contributed by atoms with Gasteiger partial charge in [0, 0.05) is 48.4 Å². The summed E-state index contributed by atoms with van der Waals surface area (Å²) >= 11 is 9.55. The summed E-state index contributed by atoms with van der Waals surface area (Å²) in [7, 11) is 1.39. The third kappa shape index (κ3) is 6.44. The van der Waals surface area contributed by atoms with E-state index in [2.05, 4.69) is 23.6 Å². The fourth-order valence-corrected chi connectivity index (χ4v) is 7.44. The van der Waals surface area contributed by atoms with Crippen molar-refractivity contribution in [1.29, 1.82) is 0 Å². The summed E-state index contributed by atoms with van der Waals surface area (Å²) < 4.78 is 12.6. The van der Waals surface area contributed by atoms with Crippen molar-refractivity contribution in [2.45, 2.75) is 59.3 Å². The molecule has 1 fully saturated rings. The quantitative estimate of drug-likeness (QED) is 0.199. The first-order chi connectivity index (χ1) is 19.4. The fraction of sp³-hybridized carbons (Fsp3) is 0.452. The lowest BCUT2D eigenvalue weighted by Crippen LogP contribution is -2.48. The average molecular weight is 613 g/mol. The van der Waals surface area contributed by atoms with Crippen molar-refractivity contribution in [3.63, 3.8) is 0 Å². The Kier molecular flexibility index (Phi) is 8.74. The number of hydrogen-bond donors (Lipinski definition) is 0. The number of carbonyl (C=O) groups is 1. The van der Waals surface area contributed by atoms with Gasteiger partial charge in [-0.1, -0.05) is 35.1 Å². The number of ether oxygens (including phenoxy) is 2. The average Bonchev–Trinajstić information content (AvgIpc) is 3.58. The van der Waals surface area contributed by atoms with Crippen molar-refractivity contribution in [1.82, 2.24) is 14.9 Å². The number of benzene rings is 2. The number of thiazole rings is 2. The Hall–Kier alpha value is -2.56. The summed E-state index contributed by atoms with van der Waals surface area (Å²) in [5.74, 6) is -0.438. The number of fused-ring (bicyclic) bond motifs is 1. The molecule has 2 aromatic heterocycles. The number of rotatable bonds is 7. The van der Waals surface area contributed by atoms with Gasteiger partial charge in [0.2, 0.25) is 0 Å². The van der Waals surface area contributed by atoms with E-state index in [1.807, 2.05) is 64.2 Å². The van der Waals surface area contributed by atoms with Gasteiger partial charge in [-0.15, -0.1) is 11.3 Å². The molecule has 3 heterocycles. The molecule has 0 unspecified atom stereocenters. The molecule has 0 spiro atoms. The van der Waals surface area contributed by atoms with E-state index in [4.69, 9.17) is 31.0 Å². The minimum atomic E-state index is -0.903. The molecule has 0 amide bonds. The summed E-state index contributed by atoms with van der Waals surface area (Å²) in [6.07, 6.45) is 1.03. The summed E-state index contributed by atoms with van der Waals surface area (Å²) in [6, 6.07) is 10.3. The Labute approximate surface area is 255 Å². The Balaban J connectivity index is 1.61. The lowest BCUT2D eigenvalue weighted by Gasteiger charge is -2.36. The van der Waals surface area contributed by atoms with E-state index in [1.54, 1.807) is 22.7 Å². The Morgan fingerprint density at radius 3 is 2.37 bits per heavy atom. The minimum Gasteiger partial charge on any atom is -0.467 e. The van der Waals surface area contributed by atoms with Crippen LogP contribution in [0.3, 0.4) is 0 Å². The summed E-state index contributed by atoms with van der Waals surface area (Å²) in [5.41, 5.74) is 3.84. The van der Waals surface area contributed by atoms with Gasteiger partial charge >= 0.3 is 5.97 Å². The molecule has 4 aromatic rings. The topological polar surface area (TPSA) is 67.8 Å². The van der Waals surface area contributed by atoms with Crippen LogP contribution in [0.25, 0.3) is 31.2 Å². The molecule has 7 nitrogen and oxygen atoms in total. The lowest BCUT2D eigenvalue weighted by molar-refractivity contribution is -0.164. The van der Waals surface area contributed by atoms with Crippen LogP contribution >= 0.6 is 34.3 Å². The first-order valence-electron chi connectivity index (χ1n) is 13.9. The molecule has 10 heteroatoms. The number of aromatic nitrogens is 2. The second-order valence-corrected chi connectivity index (χ2v) is 14.1. The molecule has 2 aromatic carbocycles. The normalized spacial score (nSPS) is 15.6. The number of piperazine rings is 1. The van der Waals surface area contributed by atoms with Gasteiger partial charge < -0.3 is 14.4 Å². The maximum absolute atomic E-state index is 13.2. The van der Waals surface area contributed by atoms with E-state index >= 15 is 0 Å². The molecule has 218 valence electrons. The number of halogens is 1. The molecular formula is C31H37ClN4O3S2. The van der Waals surface area contributed by atoms with Crippen LogP contribution in [-0.2, 0) is 14.3 Å². The first-order valence-corrected chi connectivity index (χ1v) is 15.9. The second-order valence-electron chi connectivity index (χ2n) is 11.6. The molecular weight excluding hydrogens is 576 g/mol. The van der Waals surface area contributed by atoms with Crippen LogP contribution in [0.1, 0.15) is 51.8 Å². The van der Waals surface area contributed by atoms with Gasteiger partial charge in [0.05, 0.1) is 34.0 Å². The molecule has 41 heavy (non-hydrogen) atoms. The summed E-state index contributed by atoms with van der Waals surface area (Å²) in [4.78, 5) is 28.9. The smallest absolute Gasteiger partial charge is 0.339 e. The van der Waals surface area contributed by atoms with Crippen molar-refractivity contribution in [3.8, 4) is 21.0 Å². The molecule has 1 saturated heterocycles. The molecule has 0 radical (unpaired) electrons. The molecule has 1 atom stereocenters. The van der Waals surface area contributed by atoms with Gasteiger partial charge in [-0.2, -0.15) is 0 Å². The van der Waals surface area contributed by atoms with Crippen molar-refractivity contribution >= 4 is 55.6 Å². The van der Waals surface area contributed by atoms with Gasteiger partial charge in [-0.3, -0.25) is 4.90 Å². The van der Waals surface area contributed by atoms with Crippen LogP contribution in [0, 0.1) is 6.92 Å². The number of hydrogen-bond acceptors (Lipinski definition) is 9. The zero-order valence-corrected chi connectivity index (χ0v) is 27.0. The van der Waals surface area contributed by atoms with Crippen LogP contribution in [0.5, 0.6) is 0 Å². The molecule has 1 aliphatic heterocycles. The van der Waals surface area contributed by atoms with E-state index in [9.17, 15) is 4.79 Å². The van der Waals surface area contributed by atoms with Crippen LogP contribution in [0.4, 0.5) is 5.13 Å². The predicted octanol–water partition coefficient (Wildman–Crippen LogP) is 7.61. The summed E-state index contributed by atoms with van der Waals surface area (Å²) in [6.45, 7) is 16.3. The third-order valence-electron chi connectivity index (χ3n) is 7.23. The molecule has 0 bridgehead atoms. The van der Waals surface area contributed by atoms with E-state index < -0.39 is 17.7 Å². The van der Waals surface area contributed by atoms with E-state index in [0.29, 0.717) is 11.1 Å². The molecule has 1 aliphatic rings. The van der Waals surface area contributed by atoms with E-state index in [0.717, 1.165) is 73.7 Å². The van der Waals surface area contributed by atoms with E-state index in [1.165, 1.54) is 7.11 Å². The molecule has 0 N–H and O–H groups in total. The Morgan fingerprint density at radius 2 is 1.76 bits per heavy atom. The number of anilines is 1. The van der Waals surface area contributed by atoms with Crippen molar-refractivity contribution in [2.75, 3.05) is 38.2 Å². The third-order valence-corrected chi connectivity index (χ3v) is 9.80. The van der Waals surface area contributed by atoms with Crippen molar-refractivity contribution < 1.29 is 14.3 Å². The molecule has 0 saturated carbocycles. The van der Waals surface area contributed by atoms with E-state index in [-0.39, 0.29) is 0 Å². The minimum absolute atomic E-state index is 0.438. The largest absolute Gasteiger partial charge is 0.467 e. The highest BCUT2D eigenvalue weighted by Gasteiger charge is 2.33. The number of methoxy groups -OCH3 is 1. The second kappa shape index (κ2) is 12.0. The highest BCUT2D eigenvalue weighted by molar-refractivity contribution is 7.27. The zero-order chi connectivity index (χ0) is 29.5. The van der Waals surface area contributed by atoms with Crippen molar-refractivity contribution in [3.05, 3.63) is 52.7 Å². The lowest BCUT2D eigenvalue weighted by atomic mass is 9.91. The number of aryl methyl sites for hydroxylation is 1. The van der Waals surface area contributed by atoms with Crippen molar-refractivity contribution in [2.24, 2.45) is 0 Å². The monoisotopic (exact) mass is 612 g/mol. The van der Waals surface area contributed by atoms with Crippen LogP contribution in [0.2, 0.25) is 5.02 Å². The van der Waals surface area contributed by atoms with Gasteiger partial charge in [-0.25, -0.2) is 14.8 Å². The van der Waals surface area contributed by atoms with Crippen LogP contribution < -0.4 is 4.90 Å². The first kappa shape index (κ1) is 29.9. The Morgan fingerprint density at radius 1 is 1.07 bits per heavy atom. The maximum atomic E-state index is 13.2. The fourth-order valence-electron chi connectivity index (χ4n) is 5.18. The SMILES string of the molecule is COC(=O)[C@@H](OC(C)(C)C)c1c(C)cc2nc(-c3cnc(N4CCN(C(C)C)CC4)s3)sc2c1-c1ccc(Cl)cc1. The van der Waals surface area contributed by atoms with Crippen LogP contribution in [-0.4, -0.2) is 65.8 Å². The molecule has 5 rings (SSSR count).